The van der Waals surface area contributed by atoms with E-state index in [0.717, 1.165) is 11.8 Å². The third-order valence-electron chi connectivity index (χ3n) is 4.39. The first kappa shape index (κ1) is 12.5. The fourth-order valence-corrected chi connectivity index (χ4v) is 2.82. The summed E-state index contributed by atoms with van der Waals surface area (Å²) in [6, 6.07) is 8.96. The molecule has 17 heavy (non-hydrogen) atoms. The van der Waals surface area contributed by atoms with Crippen LogP contribution in [0.2, 0.25) is 0 Å². The van der Waals surface area contributed by atoms with Crippen molar-refractivity contribution in [2.45, 2.75) is 40.0 Å². The summed E-state index contributed by atoms with van der Waals surface area (Å²) in [6.45, 7) is 9.35. The molecule has 1 nitrogen and oxygen atoms in total. The lowest BCUT2D eigenvalue weighted by Crippen LogP contribution is -2.35. The molecule has 1 unspecified atom stereocenters. The zero-order valence-electron chi connectivity index (χ0n) is 11.4. The van der Waals surface area contributed by atoms with Gasteiger partial charge in [0.2, 0.25) is 0 Å². The Labute approximate surface area is 106 Å². The Kier molecular flexibility index (Phi) is 4.09. The van der Waals surface area contributed by atoms with Crippen molar-refractivity contribution in [3.8, 4) is 0 Å². The molecule has 0 saturated carbocycles. The van der Waals surface area contributed by atoms with E-state index in [1.165, 1.54) is 43.6 Å². The fourth-order valence-electron chi connectivity index (χ4n) is 2.82. The first-order chi connectivity index (χ1) is 8.20. The highest BCUT2D eigenvalue weighted by atomic mass is 15.1. The number of hydrogen-bond acceptors (Lipinski definition) is 1. The van der Waals surface area contributed by atoms with Crippen molar-refractivity contribution >= 4 is 5.69 Å². The molecule has 0 spiro atoms. The second kappa shape index (κ2) is 5.57. The molecular formula is C16H25N. The maximum atomic E-state index is 2.54. The summed E-state index contributed by atoms with van der Waals surface area (Å²) in [5.41, 5.74) is 2.75. The van der Waals surface area contributed by atoms with Gasteiger partial charge < -0.3 is 4.90 Å². The molecule has 1 heteroatoms. The molecule has 0 bridgehead atoms. The van der Waals surface area contributed by atoms with Crippen molar-refractivity contribution in [3.05, 3.63) is 29.8 Å². The third-order valence-corrected chi connectivity index (χ3v) is 4.39. The summed E-state index contributed by atoms with van der Waals surface area (Å²) < 4.78 is 0. The van der Waals surface area contributed by atoms with E-state index in [0.29, 0.717) is 0 Å². The monoisotopic (exact) mass is 231 g/mol. The largest absolute Gasteiger partial charge is 0.372 e. The van der Waals surface area contributed by atoms with Crippen LogP contribution in [0.5, 0.6) is 0 Å². The lowest BCUT2D eigenvalue weighted by Gasteiger charge is -2.36. The van der Waals surface area contributed by atoms with Crippen LogP contribution < -0.4 is 4.90 Å². The zero-order valence-corrected chi connectivity index (χ0v) is 11.4. The highest BCUT2D eigenvalue weighted by molar-refractivity contribution is 5.47. The van der Waals surface area contributed by atoms with Crippen molar-refractivity contribution in [1.29, 1.82) is 0 Å². The molecule has 0 N–H and O–H groups in total. The first-order valence-electron chi connectivity index (χ1n) is 7.02. The highest BCUT2D eigenvalue weighted by Gasteiger charge is 2.22. The molecule has 1 aliphatic rings. The maximum Gasteiger partial charge on any atom is 0.0366 e. The molecule has 0 radical (unpaired) electrons. The molecule has 1 fully saturated rings. The molecule has 1 aromatic rings. The SMILES string of the molecule is CCC(C)C1CCN(c2ccc(C)cc2)CC1. The lowest BCUT2D eigenvalue weighted by molar-refractivity contribution is 0.286. The van der Waals surface area contributed by atoms with Gasteiger partial charge in [-0.2, -0.15) is 0 Å². The van der Waals surface area contributed by atoms with Crippen molar-refractivity contribution in [3.63, 3.8) is 0 Å². The number of aryl methyl sites for hydroxylation is 1. The molecule has 1 heterocycles. The Balaban J connectivity index is 1.93. The van der Waals surface area contributed by atoms with E-state index in [-0.39, 0.29) is 0 Å². The Morgan fingerprint density at radius 3 is 2.29 bits per heavy atom. The number of hydrogen-bond donors (Lipinski definition) is 0. The average Bonchev–Trinajstić information content (AvgIpc) is 2.39. The average molecular weight is 231 g/mol. The van der Waals surface area contributed by atoms with E-state index in [2.05, 4.69) is 49.9 Å². The molecule has 1 saturated heterocycles. The number of rotatable bonds is 3. The summed E-state index contributed by atoms with van der Waals surface area (Å²) in [6.07, 6.45) is 4.06. The fraction of sp³-hybridized carbons (Fsp3) is 0.625. The van der Waals surface area contributed by atoms with E-state index in [4.69, 9.17) is 0 Å². The summed E-state index contributed by atoms with van der Waals surface area (Å²) in [5, 5.41) is 0. The van der Waals surface area contributed by atoms with Crippen LogP contribution in [0.1, 0.15) is 38.7 Å². The number of benzene rings is 1. The molecule has 0 aromatic heterocycles. The standard InChI is InChI=1S/C16H25N/c1-4-14(3)15-9-11-17(12-10-15)16-7-5-13(2)6-8-16/h5-8,14-15H,4,9-12H2,1-3H3. The molecular weight excluding hydrogens is 206 g/mol. The molecule has 0 aliphatic carbocycles. The third kappa shape index (κ3) is 3.02. The Morgan fingerprint density at radius 2 is 1.76 bits per heavy atom. The molecule has 2 rings (SSSR count). The van der Waals surface area contributed by atoms with Crippen molar-refractivity contribution in [2.75, 3.05) is 18.0 Å². The van der Waals surface area contributed by atoms with E-state index >= 15 is 0 Å². The van der Waals surface area contributed by atoms with Gasteiger partial charge in [-0.1, -0.05) is 38.0 Å². The van der Waals surface area contributed by atoms with E-state index in [1.807, 2.05) is 0 Å². The van der Waals surface area contributed by atoms with Gasteiger partial charge >= 0.3 is 0 Å². The summed E-state index contributed by atoms with van der Waals surface area (Å²) in [5.74, 6) is 1.84. The van der Waals surface area contributed by atoms with Crippen LogP contribution in [0.3, 0.4) is 0 Å². The normalized spacial score (nSPS) is 19.4. The quantitative estimate of drug-likeness (QED) is 0.751. The van der Waals surface area contributed by atoms with Gasteiger partial charge in [0.05, 0.1) is 0 Å². The maximum absolute atomic E-state index is 2.54. The van der Waals surface area contributed by atoms with Crippen molar-refractivity contribution in [2.24, 2.45) is 11.8 Å². The van der Waals surface area contributed by atoms with Gasteiger partial charge in [-0.25, -0.2) is 0 Å². The lowest BCUT2D eigenvalue weighted by atomic mass is 9.84. The van der Waals surface area contributed by atoms with Gasteiger partial charge in [0, 0.05) is 18.8 Å². The van der Waals surface area contributed by atoms with Crippen LogP contribution in [0.15, 0.2) is 24.3 Å². The van der Waals surface area contributed by atoms with Crippen molar-refractivity contribution in [1.82, 2.24) is 0 Å². The molecule has 94 valence electrons. The Bertz CT molecular complexity index is 333. The van der Waals surface area contributed by atoms with Gasteiger partial charge in [-0.3, -0.25) is 0 Å². The Hall–Kier alpha value is -0.980. The molecule has 1 aromatic carbocycles. The number of anilines is 1. The topological polar surface area (TPSA) is 3.24 Å². The minimum absolute atomic E-state index is 0.898. The van der Waals surface area contributed by atoms with Crippen LogP contribution in [0, 0.1) is 18.8 Å². The molecule has 1 atom stereocenters. The van der Waals surface area contributed by atoms with E-state index in [1.54, 1.807) is 0 Å². The predicted octanol–water partition coefficient (Wildman–Crippen LogP) is 4.26. The van der Waals surface area contributed by atoms with Crippen LogP contribution in [0.4, 0.5) is 5.69 Å². The smallest absolute Gasteiger partial charge is 0.0366 e. The summed E-state index contributed by atoms with van der Waals surface area (Å²) in [7, 11) is 0. The van der Waals surface area contributed by atoms with Crippen LogP contribution in [-0.2, 0) is 0 Å². The number of nitrogens with zero attached hydrogens (tertiary/aromatic N) is 1. The molecule has 1 aliphatic heterocycles. The summed E-state index contributed by atoms with van der Waals surface area (Å²) >= 11 is 0. The second-order valence-corrected chi connectivity index (χ2v) is 5.55. The van der Waals surface area contributed by atoms with Gasteiger partial charge in [0.15, 0.2) is 0 Å². The minimum Gasteiger partial charge on any atom is -0.372 e. The molecule has 0 amide bonds. The van der Waals surface area contributed by atoms with Gasteiger partial charge in [0.25, 0.3) is 0 Å². The number of piperidine rings is 1. The van der Waals surface area contributed by atoms with Crippen molar-refractivity contribution < 1.29 is 0 Å². The van der Waals surface area contributed by atoms with Crippen LogP contribution >= 0.6 is 0 Å². The zero-order chi connectivity index (χ0) is 12.3. The highest BCUT2D eigenvalue weighted by Crippen LogP contribution is 2.29. The predicted molar refractivity (Wildman–Crippen MR) is 75.6 cm³/mol. The van der Waals surface area contributed by atoms with Crippen LogP contribution in [0.25, 0.3) is 0 Å². The summed E-state index contributed by atoms with van der Waals surface area (Å²) in [4.78, 5) is 2.54. The van der Waals surface area contributed by atoms with Gasteiger partial charge in [-0.05, 0) is 43.7 Å². The van der Waals surface area contributed by atoms with E-state index < -0.39 is 0 Å². The van der Waals surface area contributed by atoms with Gasteiger partial charge in [0.1, 0.15) is 0 Å². The first-order valence-corrected chi connectivity index (χ1v) is 7.02. The Morgan fingerprint density at radius 1 is 1.18 bits per heavy atom. The van der Waals surface area contributed by atoms with Gasteiger partial charge in [-0.15, -0.1) is 0 Å². The van der Waals surface area contributed by atoms with E-state index in [9.17, 15) is 0 Å². The second-order valence-electron chi connectivity index (χ2n) is 5.55. The minimum atomic E-state index is 0.898. The van der Waals surface area contributed by atoms with Crippen LogP contribution in [-0.4, -0.2) is 13.1 Å².